The first-order chi connectivity index (χ1) is 14.5. The Labute approximate surface area is 175 Å². The molecule has 156 valence electrons. The Morgan fingerprint density at radius 2 is 1.83 bits per heavy atom. The van der Waals surface area contributed by atoms with Crippen LogP contribution >= 0.6 is 0 Å². The summed E-state index contributed by atoms with van der Waals surface area (Å²) < 4.78 is 5.53. The normalized spacial score (nSPS) is 14.7. The van der Waals surface area contributed by atoms with E-state index in [4.69, 9.17) is 4.74 Å². The number of carbonyl (C=O) groups excluding carboxylic acids is 1. The zero-order valence-corrected chi connectivity index (χ0v) is 17.6. The summed E-state index contributed by atoms with van der Waals surface area (Å²) in [5, 5.41) is 3.65. The first-order valence-electron chi connectivity index (χ1n) is 10.0. The predicted octanol–water partition coefficient (Wildman–Crippen LogP) is 2.41. The summed E-state index contributed by atoms with van der Waals surface area (Å²) >= 11 is 0. The Morgan fingerprint density at radius 3 is 2.57 bits per heavy atom. The van der Waals surface area contributed by atoms with Gasteiger partial charge in [-0.2, -0.15) is 4.98 Å². The van der Waals surface area contributed by atoms with Crippen LogP contribution in [0.3, 0.4) is 0 Å². The molecule has 1 saturated heterocycles. The maximum atomic E-state index is 12.3. The van der Waals surface area contributed by atoms with Gasteiger partial charge >= 0.3 is 0 Å². The summed E-state index contributed by atoms with van der Waals surface area (Å²) in [5.74, 6) is 1.13. The minimum Gasteiger partial charge on any atom is -0.484 e. The average molecular weight is 406 g/mol. The Morgan fingerprint density at radius 1 is 1.10 bits per heavy atom. The third-order valence-corrected chi connectivity index (χ3v) is 5.19. The SMILES string of the molecule is Cc1ccc(OCC(=O)Nc2cnc3nc(N4CCN(C)CC4)nc(C)c3c2)cc1. The largest absolute Gasteiger partial charge is 0.484 e. The summed E-state index contributed by atoms with van der Waals surface area (Å²) in [5.41, 5.74) is 3.21. The highest BCUT2D eigenvalue weighted by molar-refractivity contribution is 5.94. The molecule has 0 atom stereocenters. The van der Waals surface area contributed by atoms with Crippen LogP contribution in [0.1, 0.15) is 11.3 Å². The number of aromatic nitrogens is 3. The molecule has 8 heteroatoms. The average Bonchev–Trinajstić information content (AvgIpc) is 2.74. The molecule has 1 fully saturated rings. The number of fused-ring (bicyclic) bond motifs is 1. The molecule has 1 aromatic carbocycles. The molecule has 1 aliphatic heterocycles. The van der Waals surface area contributed by atoms with Crippen molar-refractivity contribution >= 4 is 28.6 Å². The number of benzene rings is 1. The number of likely N-dealkylation sites (N-methyl/N-ethyl adjacent to an activating group) is 1. The number of aryl methyl sites for hydroxylation is 2. The number of ether oxygens (including phenoxy) is 1. The van der Waals surface area contributed by atoms with Gasteiger partial charge in [0.15, 0.2) is 12.3 Å². The number of nitrogens with one attached hydrogen (secondary N) is 1. The third-order valence-electron chi connectivity index (χ3n) is 5.19. The first kappa shape index (κ1) is 20.0. The number of piperazine rings is 1. The van der Waals surface area contributed by atoms with Crippen LogP contribution in [0.15, 0.2) is 36.5 Å². The lowest BCUT2D eigenvalue weighted by atomic mass is 10.2. The molecule has 3 aromatic rings. The van der Waals surface area contributed by atoms with Crippen molar-refractivity contribution in [2.24, 2.45) is 0 Å². The smallest absolute Gasteiger partial charge is 0.262 e. The van der Waals surface area contributed by atoms with Crippen LogP contribution < -0.4 is 15.0 Å². The van der Waals surface area contributed by atoms with Gasteiger partial charge in [0.2, 0.25) is 5.95 Å². The standard InChI is InChI=1S/C22H26N6O2/c1-15-4-6-18(7-5-15)30-14-20(29)25-17-12-19-16(2)24-22(26-21(19)23-13-17)28-10-8-27(3)9-11-28/h4-7,12-13H,8-11,14H2,1-3H3,(H,25,29). The highest BCUT2D eigenvalue weighted by Crippen LogP contribution is 2.21. The van der Waals surface area contributed by atoms with Gasteiger partial charge < -0.3 is 19.9 Å². The summed E-state index contributed by atoms with van der Waals surface area (Å²) in [4.78, 5) is 30.5. The molecule has 4 rings (SSSR count). The highest BCUT2D eigenvalue weighted by Gasteiger charge is 2.18. The van der Waals surface area contributed by atoms with Crippen molar-refractivity contribution in [1.82, 2.24) is 19.9 Å². The molecule has 1 N–H and O–H groups in total. The Kier molecular flexibility index (Phi) is 5.76. The third kappa shape index (κ3) is 4.65. The first-order valence-corrected chi connectivity index (χ1v) is 10.0. The zero-order chi connectivity index (χ0) is 21.1. The molecule has 0 bridgehead atoms. The molecule has 2 aromatic heterocycles. The van der Waals surface area contributed by atoms with Crippen molar-refractivity contribution in [1.29, 1.82) is 0 Å². The summed E-state index contributed by atoms with van der Waals surface area (Å²) in [6, 6.07) is 9.44. The lowest BCUT2D eigenvalue weighted by Crippen LogP contribution is -2.45. The van der Waals surface area contributed by atoms with Gasteiger partial charge in [0.25, 0.3) is 5.91 Å². The van der Waals surface area contributed by atoms with Crippen molar-refractivity contribution in [3.63, 3.8) is 0 Å². The molecule has 8 nitrogen and oxygen atoms in total. The van der Waals surface area contributed by atoms with E-state index in [0.717, 1.165) is 42.8 Å². The fourth-order valence-electron chi connectivity index (χ4n) is 3.34. The highest BCUT2D eigenvalue weighted by atomic mass is 16.5. The summed E-state index contributed by atoms with van der Waals surface area (Å²) in [6.45, 7) is 7.65. The van der Waals surface area contributed by atoms with Crippen molar-refractivity contribution in [2.75, 3.05) is 50.1 Å². The molecule has 0 aliphatic carbocycles. The lowest BCUT2D eigenvalue weighted by molar-refractivity contribution is -0.118. The van der Waals surface area contributed by atoms with Gasteiger partial charge in [-0.05, 0) is 39.1 Å². The van der Waals surface area contributed by atoms with Crippen LogP contribution in [0.4, 0.5) is 11.6 Å². The van der Waals surface area contributed by atoms with Crippen molar-refractivity contribution in [3.05, 3.63) is 47.8 Å². The van der Waals surface area contributed by atoms with E-state index < -0.39 is 0 Å². The van der Waals surface area contributed by atoms with E-state index >= 15 is 0 Å². The maximum absolute atomic E-state index is 12.3. The maximum Gasteiger partial charge on any atom is 0.262 e. The fraction of sp³-hybridized carbons (Fsp3) is 0.364. The molecular formula is C22H26N6O2. The Bertz CT molecular complexity index is 1050. The van der Waals surface area contributed by atoms with Crippen molar-refractivity contribution < 1.29 is 9.53 Å². The van der Waals surface area contributed by atoms with E-state index in [-0.39, 0.29) is 12.5 Å². The van der Waals surface area contributed by atoms with Gasteiger partial charge in [0.1, 0.15) is 5.75 Å². The number of carbonyl (C=O) groups is 1. The minimum atomic E-state index is -0.246. The fourth-order valence-corrected chi connectivity index (χ4v) is 3.34. The number of pyridine rings is 1. The molecule has 3 heterocycles. The number of anilines is 2. The van der Waals surface area contributed by atoms with Gasteiger partial charge in [-0.3, -0.25) is 4.79 Å². The molecular weight excluding hydrogens is 380 g/mol. The van der Waals surface area contributed by atoms with Crippen molar-refractivity contribution in [3.8, 4) is 5.75 Å². The molecule has 0 unspecified atom stereocenters. The summed E-state index contributed by atoms with van der Waals surface area (Å²) in [7, 11) is 2.12. The van der Waals surface area contributed by atoms with Gasteiger partial charge in [0, 0.05) is 31.6 Å². The van der Waals surface area contributed by atoms with Crippen LogP contribution in [0.2, 0.25) is 0 Å². The van der Waals surface area contributed by atoms with Crippen LogP contribution in [0.5, 0.6) is 5.75 Å². The number of amides is 1. The Balaban J connectivity index is 1.43. The van der Waals surface area contributed by atoms with E-state index in [2.05, 4.69) is 37.1 Å². The quantitative estimate of drug-likeness (QED) is 0.697. The van der Waals surface area contributed by atoms with Gasteiger partial charge in [-0.15, -0.1) is 0 Å². The lowest BCUT2D eigenvalue weighted by Gasteiger charge is -2.32. The van der Waals surface area contributed by atoms with Gasteiger partial charge in [-0.25, -0.2) is 9.97 Å². The van der Waals surface area contributed by atoms with E-state index in [1.165, 1.54) is 0 Å². The second-order valence-electron chi connectivity index (χ2n) is 7.64. The topological polar surface area (TPSA) is 83.5 Å². The molecule has 0 spiro atoms. The van der Waals surface area contributed by atoms with E-state index in [9.17, 15) is 4.79 Å². The van der Waals surface area contributed by atoms with E-state index in [0.29, 0.717) is 23.0 Å². The van der Waals surface area contributed by atoms with E-state index in [1.807, 2.05) is 44.2 Å². The van der Waals surface area contributed by atoms with Crippen LogP contribution in [0, 0.1) is 13.8 Å². The Hall–Kier alpha value is -3.26. The minimum absolute atomic E-state index is 0.0705. The van der Waals surface area contributed by atoms with Crippen LogP contribution in [-0.4, -0.2) is 65.6 Å². The van der Waals surface area contributed by atoms with Crippen LogP contribution in [-0.2, 0) is 4.79 Å². The van der Waals surface area contributed by atoms with E-state index in [1.54, 1.807) is 6.20 Å². The second kappa shape index (κ2) is 8.62. The van der Waals surface area contributed by atoms with Crippen molar-refractivity contribution in [2.45, 2.75) is 13.8 Å². The molecule has 0 saturated carbocycles. The number of rotatable bonds is 5. The zero-order valence-electron chi connectivity index (χ0n) is 17.6. The summed E-state index contributed by atoms with van der Waals surface area (Å²) in [6.07, 6.45) is 1.62. The number of hydrogen-bond acceptors (Lipinski definition) is 7. The number of nitrogens with zero attached hydrogens (tertiary/aromatic N) is 5. The van der Waals surface area contributed by atoms with Gasteiger partial charge in [-0.1, -0.05) is 17.7 Å². The molecule has 1 amide bonds. The molecule has 0 radical (unpaired) electrons. The molecule has 30 heavy (non-hydrogen) atoms. The molecule has 1 aliphatic rings. The second-order valence-corrected chi connectivity index (χ2v) is 7.64. The monoisotopic (exact) mass is 406 g/mol. The number of hydrogen-bond donors (Lipinski definition) is 1. The predicted molar refractivity (Wildman–Crippen MR) is 117 cm³/mol. The van der Waals surface area contributed by atoms with Gasteiger partial charge in [0.05, 0.1) is 17.6 Å². The van der Waals surface area contributed by atoms with Crippen LogP contribution in [0.25, 0.3) is 11.0 Å².